The lowest BCUT2D eigenvalue weighted by Crippen LogP contribution is -2.34. The van der Waals surface area contributed by atoms with Gasteiger partial charge in [-0.1, -0.05) is 27.7 Å². The number of amides is 1. The zero-order valence-corrected chi connectivity index (χ0v) is 14.8. The Kier molecular flexibility index (Phi) is 6.57. The van der Waals surface area contributed by atoms with Gasteiger partial charge in [-0.2, -0.15) is 0 Å². The Morgan fingerprint density at radius 3 is 2.39 bits per heavy atom. The summed E-state index contributed by atoms with van der Waals surface area (Å²) in [6.45, 7) is 12.2. The molecule has 1 unspecified atom stereocenters. The van der Waals surface area contributed by atoms with E-state index in [4.69, 9.17) is 4.42 Å². The van der Waals surface area contributed by atoms with Crippen molar-refractivity contribution in [1.29, 1.82) is 0 Å². The average Bonchev–Trinajstić information content (AvgIpc) is 3.15. The van der Waals surface area contributed by atoms with Crippen LogP contribution in [0.5, 0.6) is 0 Å². The highest BCUT2D eigenvalue weighted by Crippen LogP contribution is 2.28. The summed E-state index contributed by atoms with van der Waals surface area (Å²) in [6.07, 6.45) is 2.95. The molecule has 1 aliphatic rings. The summed E-state index contributed by atoms with van der Waals surface area (Å²) in [7, 11) is 0. The lowest BCUT2D eigenvalue weighted by Gasteiger charge is -2.18. The smallest absolute Gasteiger partial charge is 0.220 e. The van der Waals surface area contributed by atoms with Gasteiger partial charge in [0.25, 0.3) is 0 Å². The van der Waals surface area contributed by atoms with Crippen LogP contribution in [0.2, 0.25) is 0 Å². The highest BCUT2D eigenvalue weighted by Gasteiger charge is 2.25. The van der Waals surface area contributed by atoms with Gasteiger partial charge < -0.3 is 14.6 Å². The molecule has 0 aromatic carbocycles. The van der Waals surface area contributed by atoms with Crippen molar-refractivity contribution in [2.75, 3.05) is 26.2 Å². The number of nitrogens with one attached hydrogen (secondary N) is 1. The van der Waals surface area contributed by atoms with Crippen LogP contribution in [-0.4, -0.2) is 47.2 Å². The van der Waals surface area contributed by atoms with E-state index in [1.54, 1.807) is 0 Å². The second-order valence-corrected chi connectivity index (χ2v) is 7.09. The van der Waals surface area contributed by atoms with E-state index in [0.717, 1.165) is 19.6 Å². The summed E-state index contributed by atoms with van der Waals surface area (Å²) in [5.74, 6) is 1.74. The molecule has 0 saturated carbocycles. The maximum atomic E-state index is 12.2. The summed E-state index contributed by atoms with van der Waals surface area (Å²) in [4.78, 5) is 14.6. The second-order valence-electron chi connectivity index (χ2n) is 7.09. The Morgan fingerprint density at radius 1 is 1.17 bits per heavy atom. The van der Waals surface area contributed by atoms with Crippen LogP contribution in [0, 0.1) is 5.92 Å². The van der Waals surface area contributed by atoms with Crippen molar-refractivity contribution in [3.63, 3.8) is 0 Å². The molecule has 0 aliphatic carbocycles. The summed E-state index contributed by atoms with van der Waals surface area (Å²) >= 11 is 0. The van der Waals surface area contributed by atoms with Crippen molar-refractivity contribution >= 4 is 5.91 Å². The summed E-state index contributed by atoms with van der Waals surface area (Å²) in [6, 6.07) is 0. The first-order valence-electron chi connectivity index (χ1n) is 8.79. The summed E-state index contributed by atoms with van der Waals surface area (Å²) in [5.41, 5.74) is 0. The Balaban J connectivity index is 1.83. The minimum absolute atomic E-state index is 0.0261. The Hall–Kier alpha value is -1.43. The fraction of sp³-hybridized carbons (Fsp3) is 0.824. The highest BCUT2D eigenvalue weighted by atomic mass is 16.4. The van der Waals surface area contributed by atoms with Crippen LogP contribution in [0.4, 0.5) is 0 Å². The van der Waals surface area contributed by atoms with Gasteiger partial charge in [0.1, 0.15) is 0 Å². The van der Waals surface area contributed by atoms with Crippen molar-refractivity contribution in [2.45, 2.75) is 58.8 Å². The maximum Gasteiger partial charge on any atom is 0.220 e. The Labute approximate surface area is 139 Å². The first kappa shape index (κ1) is 17.9. The van der Waals surface area contributed by atoms with Crippen molar-refractivity contribution < 1.29 is 9.21 Å². The molecule has 2 heterocycles. The Bertz CT molecular complexity index is 493. The van der Waals surface area contributed by atoms with Gasteiger partial charge in [0.15, 0.2) is 0 Å². The van der Waals surface area contributed by atoms with Gasteiger partial charge in [-0.25, -0.2) is 0 Å². The third-order valence-electron chi connectivity index (χ3n) is 4.43. The molecule has 1 saturated heterocycles. The number of carbonyl (C=O) groups excluding carboxylic acids is 1. The van der Waals surface area contributed by atoms with Crippen molar-refractivity contribution in [3.8, 4) is 0 Å². The second kappa shape index (κ2) is 8.43. The zero-order chi connectivity index (χ0) is 16.8. The fourth-order valence-electron chi connectivity index (χ4n) is 2.87. The molecular formula is C17H30N4O2. The number of aromatic nitrogens is 2. The van der Waals surface area contributed by atoms with Gasteiger partial charge in [-0.3, -0.25) is 4.79 Å². The molecular weight excluding hydrogens is 292 g/mol. The molecule has 0 spiro atoms. The van der Waals surface area contributed by atoms with Crippen LogP contribution in [0.1, 0.15) is 70.6 Å². The number of rotatable bonds is 8. The van der Waals surface area contributed by atoms with Crippen LogP contribution >= 0.6 is 0 Å². The van der Waals surface area contributed by atoms with E-state index in [9.17, 15) is 4.79 Å². The highest BCUT2D eigenvalue weighted by molar-refractivity contribution is 5.76. The third kappa shape index (κ3) is 5.30. The molecule has 6 nitrogen and oxygen atoms in total. The monoisotopic (exact) mass is 322 g/mol. The van der Waals surface area contributed by atoms with Crippen LogP contribution < -0.4 is 5.32 Å². The third-order valence-corrected chi connectivity index (χ3v) is 4.43. The van der Waals surface area contributed by atoms with E-state index in [1.807, 2.05) is 13.8 Å². The lowest BCUT2D eigenvalue weighted by molar-refractivity contribution is -0.121. The largest absolute Gasteiger partial charge is 0.425 e. The predicted octanol–water partition coefficient (Wildman–Crippen LogP) is 2.53. The van der Waals surface area contributed by atoms with E-state index in [2.05, 4.69) is 34.3 Å². The average molecular weight is 322 g/mol. The molecule has 1 aromatic heterocycles. The Morgan fingerprint density at radius 2 is 1.83 bits per heavy atom. The minimum Gasteiger partial charge on any atom is -0.425 e. The van der Waals surface area contributed by atoms with Gasteiger partial charge in [0.2, 0.25) is 17.7 Å². The van der Waals surface area contributed by atoms with Gasteiger partial charge in [0, 0.05) is 31.3 Å². The summed E-state index contributed by atoms with van der Waals surface area (Å²) < 4.78 is 5.74. The molecule has 1 amide bonds. The van der Waals surface area contributed by atoms with E-state index < -0.39 is 0 Å². The molecule has 0 radical (unpaired) electrons. The molecule has 0 bridgehead atoms. The van der Waals surface area contributed by atoms with Gasteiger partial charge in [-0.05, 0) is 31.8 Å². The van der Waals surface area contributed by atoms with Gasteiger partial charge >= 0.3 is 0 Å². The zero-order valence-electron chi connectivity index (χ0n) is 14.8. The van der Waals surface area contributed by atoms with Crippen LogP contribution in [0.25, 0.3) is 0 Å². The molecule has 1 fully saturated rings. The van der Waals surface area contributed by atoms with Crippen LogP contribution in [0.3, 0.4) is 0 Å². The molecule has 130 valence electrons. The maximum absolute atomic E-state index is 12.2. The molecule has 1 atom stereocenters. The SMILES string of the molecule is CC(C)c1nnc(C(CC(=O)NCCN2CCCC2)C(C)C)o1. The lowest BCUT2D eigenvalue weighted by atomic mass is 9.92. The molecule has 1 N–H and O–H groups in total. The predicted molar refractivity (Wildman–Crippen MR) is 89.3 cm³/mol. The molecule has 1 aromatic rings. The quantitative estimate of drug-likeness (QED) is 0.796. The van der Waals surface area contributed by atoms with Crippen molar-refractivity contribution in [3.05, 3.63) is 11.8 Å². The minimum atomic E-state index is -0.0261. The normalized spacial score (nSPS) is 17.1. The number of likely N-dealkylation sites (tertiary alicyclic amines) is 1. The molecule has 1 aliphatic heterocycles. The molecule has 6 heteroatoms. The molecule has 2 rings (SSSR count). The van der Waals surface area contributed by atoms with E-state index in [-0.39, 0.29) is 23.7 Å². The van der Waals surface area contributed by atoms with Crippen molar-refractivity contribution in [1.82, 2.24) is 20.4 Å². The fourth-order valence-corrected chi connectivity index (χ4v) is 2.87. The number of carbonyl (C=O) groups is 1. The van der Waals surface area contributed by atoms with Crippen LogP contribution in [-0.2, 0) is 4.79 Å². The van der Waals surface area contributed by atoms with Crippen LogP contribution in [0.15, 0.2) is 4.42 Å². The van der Waals surface area contributed by atoms with Gasteiger partial charge in [-0.15, -0.1) is 10.2 Å². The topological polar surface area (TPSA) is 71.3 Å². The number of nitrogens with zero attached hydrogens (tertiary/aromatic N) is 3. The number of hydrogen-bond acceptors (Lipinski definition) is 5. The van der Waals surface area contributed by atoms with E-state index in [0.29, 0.717) is 24.7 Å². The summed E-state index contributed by atoms with van der Waals surface area (Å²) in [5, 5.41) is 11.3. The standard InChI is InChI=1S/C17H30N4O2/c1-12(2)14(17-20-19-16(23-17)13(3)4)11-15(22)18-7-10-21-8-5-6-9-21/h12-14H,5-11H2,1-4H3,(H,18,22). The van der Waals surface area contributed by atoms with E-state index in [1.165, 1.54) is 12.8 Å². The van der Waals surface area contributed by atoms with E-state index >= 15 is 0 Å². The first-order chi connectivity index (χ1) is 11.0. The van der Waals surface area contributed by atoms with Crippen molar-refractivity contribution in [2.24, 2.45) is 5.92 Å². The number of hydrogen-bond donors (Lipinski definition) is 1. The first-order valence-corrected chi connectivity index (χ1v) is 8.79. The molecule has 23 heavy (non-hydrogen) atoms. The van der Waals surface area contributed by atoms with Gasteiger partial charge in [0.05, 0.1) is 0 Å².